The summed E-state index contributed by atoms with van der Waals surface area (Å²) in [6.07, 6.45) is 4.65. The van der Waals surface area contributed by atoms with Gasteiger partial charge in [0.25, 0.3) is 0 Å². The van der Waals surface area contributed by atoms with E-state index in [0.29, 0.717) is 10.9 Å². The molecule has 0 bridgehead atoms. The highest BCUT2D eigenvalue weighted by atomic mass is 32.2. The first-order valence-electron chi connectivity index (χ1n) is 4.62. The summed E-state index contributed by atoms with van der Waals surface area (Å²) in [5.41, 5.74) is 0.463. The maximum absolute atomic E-state index is 11.1. The molecule has 0 fully saturated rings. The minimum atomic E-state index is -0.758. The van der Waals surface area contributed by atoms with Crippen molar-refractivity contribution in [3.05, 3.63) is 23.7 Å². The lowest BCUT2D eigenvalue weighted by molar-refractivity contribution is -0.141. The number of aliphatic hydroxyl groups is 1. The highest BCUT2D eigenvalue weighted by molar-refractivity contribution is 7.98. The van der Waals surface area contributed by atoms with Gasteiger partial charge in [-0.15, -0.1) is 0 Å². The van der Waals surface area contributed by atoms with Crippen LogP contribution in [0.25, 0.3) is 6.08 Å². The van der Waals surface area contributed by atoms with Gasteiger partial charge in [0.05, 0.1) is 12.3 Å². The highest BCUT2D eigenvalue weighted by Crippen LogP contribution is 2.10. The zero-order chi connectivity index (χ0) is 12.0. The van der Waals surface area contributed by atoms with E-state index in [9.17, 15) is 9.90 Å². The zero-order valence-corrected chi connectivity index (χ0v) is 9.82. The van der Waals surface area contributed by atoms with Gasteiger partial charge in [0.1, 0.15) is 0 Å². The lowest BCUT2D eigenvalue weighted by Gasteiger charge is -2.00. The Kier molecular flexibility index (Phi) is 4.78. The monoisotopic (exact) mass is 240 g/mol. The molecule has 1 aromatic heterocycles. The van der Waals surface area contributed by atoms with Gasteiger partial charge in [-0.1, -0.05) is 11.8 Å². The molecule has 0 saturated carbocycles. The van der Waals surface area contributed by atoms with Crippen LogP contribution < -0.4 is 0 Å². The number of hydrogen-bond acceptors (Lipinski definition) is 6. The fourth-order valence-corrected chi connectivity index (χ4v) is 1.30. The number of nitrogens with zero attached hydrogens (tertiary/aromatic N) is 2. The molecule has 0 saturated heterocycles. The van der Waals surface area contributed by atoms with Crippen LogP contribution >= 0.6 is 11.8 Å². The maximum atomic E-state index is 11.1. The quantitative estimate of drug-likeness (QED) is 0.284. The molecule has 6 heteroatoms. The summed E-state index contributed by atoms with van der Waals surface area (Å²) in [7, 11) is 0. The molecular weight excluding hydrogens is 228 g/mol. The van der Waals surface area contributed by atoms with Gasteiger partial charge in [-0.05, 0) is 19.2 Å². The van der Waals surface area contributed by atoms with Crippen molar-refractivity contribution >= 4 is 23.8 Å². The van der Waals surface area contributed by atoms with E-state index in [0.717, 1.165) is 0 Å². The number of esters is 1. The number of carbonyl (C=O) groups is 1. The molecule has 1 rings (SSSR count). The van der Waals surface area contributed by atoms with Gasteiger partial charge in [-0.2, -0.15) is 0 Å². The molecule has 0 unspecified atom stereocenters. The molecule has 1 N–H and O–H groups in total. The fraction of sp³-hybridized carbons (Fsp3) is 0.300. The average molecular weight is 240 g/mol. The van der Waals surface area contributed by atoms with E-state index in [1.54, 1.807) is 19.2 Å². The Bertz CT molecular complexity index is 407. The van der Waals surface area contributed by atoms with E-state index >= 15 is 0 Å². The molecule has 86 valence electrons. The first-order chi connectivity index (χ1) is 7.67. The van der Waals surface area contributed by atoms with Crippen LogP contribution in [0.1, 0.15) is 12.6 Å². The molecule has 0 aliphatic heterocycles. The first kappa shape index (κ1) is 12.5. The Hall–Kier alpha value is -1.56. The average Bonchev–Trinajstić information content (AvgIpc) is 2.29. The minimum absolute atomic E-state index is 0.219. The van der Waals surface area contributed by atoms with Crippen molar-refractivity contribution in [1.82, 2.24) is 9.97 Å². The van der Waals surface area contributed by atoms with E-state index in [4.69, 9.17) is 0 Å². The van der Waals surface area contributed by atoms with Gasteiger partial charge in [0.2, 0.25) is 5.76 Å². The van der Waals surface area contributed by atoms with E-state index in [-0.39, 0.29) is 6.61 Å². The molecule has 16 heavy (non-hydrogen) atoms. The third-order valence-corrected chi connectivity index (χ3v) is 2.17. The summed E-state index contributed by atoms with van der Waals surface area (Å²) in [4.78, 5) is 19.2. The number of aliphatic hydroxyl groups excluding tert-OH is 1. The second-order valence-electron chi connectivity index (χ2n) is 2.72. The second-order valence-corrected chi connectivity index (χ2v) is 3.49. The standard InChI is InChI=1S/C10H12N2O3S/c1-3-15-9(14)8(13)6-7-4-5-11-10(12-7)16-2/h4-6,13H,3H2,1-2H3/b8-6-. The molecular formula is C10H12N2O3S. The summed E-state index contributed by atoms with van der Waals surface area (Å²) in [6.45, 7) is 1.89. The van der Waals surface area contributed by atoms with Crippen molar-refractivity contribution in [2.24, 2.45) is 0 Å². The SMILES string of the molecule is CCOC(=O)/C(O)=C/c1ccnc(SC)n1. The van der Waals surface area contributed by atoms with Gasteiger partial charge >= 0.3 is 5.97 Å². The summed E-state index contributed by atoms with van der Waals surface area (Å²) < 4.78 is 4.63. The van der Waals surface area contributed by atoms with Gasteiger partial charge in [0, 0.05) is 12.3 Å². The third-order valence-electron chi connectivity index (χ3n) is 1.61. The zero-order valence-electron chi connectivity index (χ0n) is 9.01. The molecule has 1 aromatic rings. The Morgan fingerprint density at radius 2 is 2.44 bits per heavy atom. The third kappa shape index (κ3) is 3.54. The lowest BCUT2D eigenvalue weighted by Crippen LogP contribution is -2.07. The van der Waals surface area contributed by atoms with Crippen molar-refractivity contribution in [2.45, 2.75) is 12.1 Å². The molecule has 0 radical (unpaired) electrons. The number of aromatic nitrogens is 2. The van der Waals surface area contributed by atoms with Crippen molar-refractivity contribution < 1.29 is 14.6 Å². The first-order valence-corrected chi connectivity index (χ1v) is 5.84. The molecule has 0 spiro atoms. The number of ether oxygens (including phenoxy) is 1. The van der Waals surface area contributed by atoms with Crippen LogP contribution in [-0.2, 0) is 9.53 Å². The Balaban J connectivity index is 2.84. The Labute approximate surface area is 97.6 Å². The van der Waals surface area contributed by atoms with Crippen LogP contribution in [0.15, 0.2) is 23.2 Å². The van der Waals surface area contributed by atoms with E-state index in [1.807, 2.05) is 6.26 Å². The van der Waals surface area contributed by atoms with Crippen LogP contribution in [0.4, 0.5) is 0 Å². The number of thioether (sulfide) groups is 1. The molecule has 0 amide bonds. The largest absolute Gasteiger partial charge is 0.502 e. The van der Waals surface area contributed by atoms with Crippen LogP contribution in [0.5, 0.6) is 0 Å². The molecule has 0 aliphatic carbocycles. The van der Waals surface area contributed by atoms with E-state index < -0.39 is 11.7 Å². The number of hydrogen-bond donors (Lipinski definition) is 1. The second kappa shape index (κ2) is 6.12. The number of rotatable bonds is 4. The van der Waals surface area contributed by atoms with E-state index in [2.05, 4.69) is 14.7 Å². The maximum Gasteiger partial charge on any atom is 0.373 e. The van der Waals surface area contributed by atoms with Gasteiger partial charge < -0.3 is 9.84 Å². The van der Waals surface area contributed by atoms with Crippen molar-refractivity contribution in [3.8, 4) is 0 Å². The van der Waals surface area contributed by atoms with Crippen LogP contribution in [0.2, 0.25) is 0 Å². The highest BCUT2D eigenvalue weighted by Gasteiger charge is 2.08. The van der Waals surface area contributed by atoms with Crippen LogP contribution in [0.3, 0.4) is 0 Å². The predicted octanol–water partition coefficient (Wildman–Crippen LogP) is 1.66. The summed E-state index contributed by atoms with van der Waals surface area (Å²) in [6, 6.07) is 1.59. The lowest BCUT2D eigenvalue weighted by atomic mass is 10.3. The van der Waals surface area contributed by atoms with Gasteiger partial charge in [0.15, 0.2) is 5.16 Å². The minimum Gasteiger partial charge on any atom is -0.502 e. The van der Waals surface area contributed by atoms with Crippen molar-refractivity contribution in [1.29, 1.82) is 0 Å². The molecule has 0 aliphatic rings. The van der Waals surface area contributed by atoms with Gasteiger partial charge in [-0.25, -0.2) is 14.8 Å². The summed E-state index contributed by atoms with van der Waals surface area (Å²) in [5, 5.41) is 9.96. The predicted molar refractivity (Wildman–Crippen MR) is 61.1 cm³/mol. The summed E-state index contributed by atoms with van der Waals surface area (Å²) >= 11 is 1.38. The molecule has 0 aromatic carbocycles. The Morgan fingerprint density at radius 3 is 3.06 bits per heavy atom. The van der Waals surface area contributed by atoms with Gasteiger partial charge in [-0.3, -0.25) is 0 Å². The van der Waals surface area contributed by atoms with Crippen molar-refractivity contribution in [2.75, 3.05) is 12.9 Å². The topological polar surface area (TPSA) is 72.3 Å². The van der Waals surface area contributed by atoms with E-state index in [1.165, 1.54) is 17.8 Å². The smallest absolute Gasteiger partial charge is 0.373 e. The fourth-order valence-electron chi connectivity index (χ4n) is 0.937. The number of carbonyl (C=O) groups excluding carboxylic acids is 1. The van der Waals surface area contributed by atoms with Crippen molar-refractivity contribution in [3.63, 3.8) is 0 Å². The van der Waals surface area contributed by atoms with Crippen LogP contribution in [0, 0.1) is 0 Å². The molecule has 5 nitrogen and oxygen atoms in total. The van der Waals surface area contributed by atoms with Crippen LogP contribution in [-0.4, -0.2) is 33.9 Å². The Morgan fingerprint density at radius 1 is 1.69 bits per heavy atom. The summed E-state index contributed by atoms with van der Waals surface area (Å²) in [5.74, 6) is -1.22. The normalized spacial score (nSPS) is 11.2. The molecule has 1 heterocycles. The molecule has 0 atom stereocenters.